The molecular formula is C2H2KNO2S. The molecule has 0 saturated carbocycles. The summed E-state index contributed by atoms with van der Waals surface area (Å²) in [6.07, 6.45) is 0. The van der Waals surface area contributed by atoms with Gasteiger partial charge in [-0.15, -0.1) is 0 Å². The number of aliphatic carboxylic acids is 1. The maximum atomic E-state index is 9.32. The Balaban J connectivity index is 0. The molecule has 0 unspecified atom stereocenters. The molecule has 0 aromatic carbocycles. The molecule has 0 saturated heterocycles. The SMILES string of the molecule is NC(=S)C(=O)[O-].[K+]. The second-order valence-electron chi connectivity index (χ2n) is 0.652. The van der Waals surface area contributed by atoms with Crippen LogP contribution in [0.2, 0.25) is 0 Å². The van der Waals surface area contributed by atoms with Gasteiger partial charge in [-0.05, 0) is 0 Å². The molecule has 0 radical (unpaired) electrons. The molecule has 0 aromatic rings. The Morgan fingerprint density at radius 3 is 1.86 bits per heavy atom. The van der Waals surface area contributed by atoms with Crippen LogP contribution in [-0.4, -0.2) is 11.0 Å². The third-order valence-corrected chi connectivity index (χ3v) is 0.368. The minimum Gasteiger partial charge on any atom is -0.542 e. The summed E-state index contributed by atoms with van der Waals surface area (Å²) < 4.78 is 0. The van der Waals surface area contributed by atoms with E-state index in [1.165, 1.54) is 0 Å². The molecule has 0 aliphatic rings. The van der Waals surface area contributed by atoms with Crippen molar-refractivity contribution in [1.29, 1.82) is 0 Å². The maximum absolute atomic E-state index is 9.32. The molecule has 7 heavy (non-hydrogen) atoms. The van der Waals surface area contributed by atoms with Crippen LogP contribution in [0.3, 0.4) is 0 Å². The topological polar surface area (TPSA) is 66.2 Å². The van der Waals surface area contributed by atoms with E-state index >= 15 is 0 Å². The smallest absolute Gasteiger partial charge is 0.542 e. The third-order valence-electron chi connectivity index (χ3n) is 0.201. The molecule has 3 nitrogen and oxygen atoms in total. The molecule has 0 atom stereocenters. The fourth-order valence-electron chi connectivity index (χ4n) is 0. The quantitative estimate of drug-likeness (QED) is 0.272. The molecule has 0 aromatic heterocycles. The zero-order chi connectivity index (χ0) is 5.15. The number of carboxylic acid groups (broad SMARTS) is 1. The monoisotopic (exact) mass is 143 g/mol. The van der Waals surface area contributed by atoms with Crippen LogP contribution < -0.4 is 62.2 Å². The van der Waals surface area contributed by atoms with Crippen LogP contribution in [0.25, 0.3) is 0 Å². The van der Waals surface area contributed by atoms with Gasteiger partial charge >= 0.3 is 51.4 Å². The summed E-state index contributed by atoms with van der Waals surface area (Å²) in [4.78, 5) is 8.72. The van der Waals surface area contributed by atoms with Crippen molar-refractivity contribution < 1.29 is 61.3 Å². The van der Waals surface area contributed by atoms with Crippen molar-refractivity contribution in [2.45, 2.75) is 0 Å². The van der Waals surface area contributed by atoms with Crippen LogP contribution >= 0.6 is 12.2 Å². The van der Waals surface area contributed by atoms with Crippen molar-refractivity contribution in [3.63, 3.8) is 0 Å². The van der Waals surface area contributed by atoms with Crippen molar-refractivity contribution in [3.05, 3.63) is 0 Å². The van der Waals surface area contributed by atoms with Gasteiger partial charge in [0.2, 0.25) is 0 Å². The van der Waals surface area contributed by atoms with Crippen LogP contribution in [0.5, 0.6) is 0 Å². The fraction of sp³-hybridized carbons (Fsp3) is 0. The molecule has 34 valence electrons. The predicted octanol–water partition coefficient (Wildman–Crippen LogP) is -4.97. The predicted molar refractivity (Wildman–Crippen MR) is 21.8 cm³/mol. The van der Waals surface area contributed by atoms with Gasteiger partial charge in [0.15, 0.2) is 0 Å². The van der Waals surface area contributed by atoms with E-state index in [1.54, 1.807) is 0 Å². The normalized spacial score (nSPS) is 6.29. The molecule has 0 aliphatic heterocycles. The first-order chi connectivity index (χ1) is 2.64. The van der Waals surface area contributed by atoms with Crippen molar-refractivity contribution >= 4 is 23.2 Å². The van der Waals surface area contributed by atoms with E-state index in [1.807, 2.05) is 0 Å². The van der Waals surface area contributed by atoms with Crippen LogP contribution in [0.4, 0.5) is 0 Å². The van der Waals surface area contributed by atoms with Crippen molar-refractivity contribution in [2.75, 3.05) is 0 Å². The molecule has 0 bridgehead atoms. The summed E-state index contributed by atoms with van der Waals surface area (Å²) >= 11 is 3.94. The van der Waals surface area contributed by atoms with Gasteiger partial charge in [0.05, 0.1) is 5.97 Å². The number of carboxylic acids is 1. The Hall–Kier alpha value is 0.996. The Morgan fingerprint density at radius 2 is 1.86 bits per heavy atom. The van der Waals surface area contributed by atoms with E-state index in [4.69, 9.17) is 0 Å². The molecule has 0 heterocycles. The first-order valence-electron chi connectivity index (χ1n) is 1.15. The average molecular weight is 143 g/mol. The molecule has 0 amide bonds. The third kappa shape index (κ3) is 7.00. The van der Waals surface area contributed by atoms with Crippen LogP contribution in [-0.2, 0) is 4.79 Å². The minimum atomic E-state index is -1.48. The Kier molecular flexibility index (Phi) is 7.99. The minimum absolute atomic E-state index is 0. The molecule has 0 spiro atoms. The first kappa shape index (κ1) is 10.9. The van der Waals surface area contributed by atoms with Gasteiger partial charge in [-0.3, -0.25) is 0 Å². The summed E-state index contributed by atoms with van der Waals surface area (Å²) in [5.41, 5.74) is 4.50. The number of hydrogen-bond donors (Lipinski definition) is 1. The van der Waals surface area contributed by atoms with Gasteiger partial charge < -0.3 is 15.6 Å². The summed E-state index contributed by atoms with van der Waals surface area (Å²) in [7, 11) is 0. The van der Waals surface area contributed by atoms with Gasteiger partial charge in [-0.1, -0.05) is 12.2 Å². The van der Waals surface area contributed by atoms with Crippen LogP contribution in [0.1, 0.15) is 0 Å². The molecule has 2 N–H and O–H groups in total. The molecule has 5 heteroatoms. The van der Waals surface area contributed by atoms with Crippen LogP contribution in [0, 0.1) is 0 Å². The standard InChI is InChI=1S/C2H3NO2S.K/c3-1(6)2(4)5;/h(H2,3,6)(H,4,5);/q;+1/p-1. The summed E-state index contributed by atoms with van der Waals surface area (Å²) in [5.74, 6) is -1.48. The molecule has 0 aliphatic carbocycles. The number of nitrogens with two attached hydrogens (primary N) is 1. The van der Waals surface area contributed by atoms with Gasteiger partial charge in [0.1, 0.15) is 4.99 Å². The van der Waals surface area contributed by atoms with Crippen molar-refractivity contribution in [1.82, 2.24) is 0 Å². The van der Waals surface area contributed by atoms with Gasteiger partial charge in [0.25, 0.3) is 0 Å². The van der Waals surface area contributed by atoms with E-state index in [-0.39, 0.29) is 51.4 Å². The van der Waals surface area contributed by atoms with Gasteiger partial charge in [0, 0.05) is 0 Å². The average Bonchev–Trinajstić information content (AvgIpc) is 1.36. The van der Waals surface area contributed by atoms with Crippen LogP contribution in [0.15, 0.2) is 0 Å². The Bertz CT molecular complexity index is 81.7. The molecular weight excluding hydrogens is 141 g/mol. The number of hydrogen-bond acceptors (Lipinski definition) is 3. The second-order valence-corrected chi connectivity index (χ2v) is 1.09. The van der Waals surface area contributed by atoms with E-state index in [0.717, 1.165) is 0 Å². The first-order valence-corrected chi connectivity index (χ1v) is 1.56. The summed E-state index contributed by atoms with van der Waals surface area (Å²) in [5, 5.41) is 9.32. The fourth-order valence-corrected chi connectivity index (χ4v) is 0. The second kappa shape index (κ2) is 5.14. The van der Waals surface area contributed by atoms with Crippen molar-refractivity contribution in [3.8, 4) is 0 Å². The van der Waals surface area contributed by atoms with E-state index < -0.39 is 11.0 Å². The Morgan fingerprint density at radius 1 is 1.71 bits per heavy atom. The Labute approximate surface area is 88.7 Å². The largest absolute Gasteiger partial charge is 1.00 e. The number of carbonyl (C=O) groups excluding carboxylic acids is 1. The zero-order valence-electron chi connectivity index (χ0n) is 3.80. The van der Waals surface area contributed by atoms with Gasteiger partial charge in [-0.2, -0.15) is 0 Å². The van der Waals surface area contributed by atoms with Gasteiger partial charge in [-0.25, -0.2) is 0 Å². The number of thiocarbonyl (C=S) groups is 1. The number of carbonyl (C=O) groups is 1. The number of rotatable bonds is 0. The summed E-state index contributed by atoms with van der Waals surface area (Å²) in [6, 6.07) is 0. The molecule has 0 fully saturated rings. The zero-order valence-corrected chi connectivity index (χ0v) is 7.74. The van der Waals surface area contributed by atoms with E-state index in [9.17, 15) is 9.90 Å². The van der Waals surface area contributed by atoms with E-state index in [0.29, 0.717) is 0 Å². The summed E-state index contributed by atoms with van der Waals surface area (Å²) in [6.45, 7) is 0. The van der Waals surface area contributed by atoms with E-state index in [2.05, 4.69) is 18.0 Å². The van der Waals surface area contributed by atoms with Crippen molar-refractivity contribution in [2.24, 2.45) is 5.73 Å². The maximum Gasteiger partial charge on any atom is 1.00 e. The molecule has 0 rings (SSSR count).